The molecule has 4 nitrogen and oxygen atoms in total. The number of aliphatic hydroxyl groups is 1. The van der Waals surface area contributed by atoms with E-state index < -0.39 is 11.8 Å². The normalized spacial score (nSPS) is 25.3. The topological polar surface area (TPSA) is 41.9 Å². The van der Waals surface area contributed by atoms with Crippen molar-refractivity contribution in [3.05, 3.63) is 12.7 Å². The Balaban J connectivity index is 3.08. The maximum atomic E-state index is 10.9. The van der Waals surface area contributed by atoms with Gasteiger partial charge in [0.05, 0.1) is 7.11 Å². The van der Waals surface area contributed by atoms with Crippen LogP contribution in [0.3, 0.4) is 0 Å². The van der Waals surface area contributed by atoms with E-state index in [0.717, 1.165) is 5.75 Å². The van der Waals surface area contributed by atoms with Crippen molar-refractivity contribution in [1.29, 1.82) is 0 Å². The molecule has 0 spiro atoms. The molecule has 1 N–H and O–H groups in total. The second-order valence-corrected chi connectivity index (χ2v) is 7.50. The Morgan fingerprint density at radius 1 is 1.53 bits per heavy atom. The highest BCUT2D eigenvalue weighted by molar-refractivity contribution is 8.23. The lowest BCUT2D eigenvalue weighted by atomic mass is 9.85. The molecule has 1 aliphatic rings. The van der Waals surface area contributed by atoms with E-state index in [1.807, 2.05) is 4.90 Å². The van der Waals surface area contributed by atoms with Crippen molar-refractivity contribution in [2.45, 2.75) is 45.6 Å². The SMILES string of the molecule is C=C[C@H](OOC)C(C)(O)N1C(=S)SC[C@@H]1C(C)(C)C. The number of hydrogen-bond donors (Lipinski definition) is 1. The molecule has 1 aliphatic heterocycles. The van der Waals surface area contributed by atoms with Gasteiger partial charge in [0.25, 0.3) is 0 Å². The molecule has 0 radical (unpaired) electrons. The first-order valence-electron chi connectivity index (χ1n) is 6.16. The molecule has 110 valence electrons. The molecule has 1 saturated heterocycles. The first-order chi connectivity index (χ1) is 8.66. The zero-order valence-corrected chi connectivity index (χ0v) is 13.8. The highest BCUT2D eigenvalue weighted by atomic mass is 32.2. The van der Waals surface area contributed by atoms with Crippen molar-refractivity contribution < 1.29 is 14.9 Å². The van der Waals surface area contributed by atoms with Crippen LogP contribution in [0.5, 0.6) is 0 Å². The molecule has 0 aromatic rings. The second kappa shape index (κ2) is 6.10. The van der Waals surface area contributed by atoms with Crippen molar-refractivity contribution in [2.24, 2.45) is 5.41 Å². The monoisotopic (exact) mass is 305 g/mol. The standard InChI is InChI=1S/C13H23NO3S2/c1-7-10(17-16-6)13(5,15)14-9(12(2,3)4)8-19-11(14)18/h7,9-10,15H,1,8H2,2-6H3/t9-,10+,13?/m1/s1. The van der Waals surface area contributed by atoms with Crippen LogP contribution in [-0.4, -0.2) is 45.1 Å². The summed E-state index contributed by atoms with van der Waals surface area (Å²) in [6.07, 6.45) is 0.841. The summed E-state index contributed by atoms with van der Waals surface area (Å²) < 4.78 is 0.677. The van der Waals surface area contributed by atoms with E-state index in [1.54, 1.807) is 18.7 Å². The van der Waals surface area contributed by atoms with Gasteiger partial charge in [-0.15, -0.1) is 6.58 Å². The molecule has 0 aliphatic carbocycles. The van der Waals surface area contributed by atoms with Crippen LogP contribution in [-0.2, 0) is 9.78 Å². The van der Waals surface area contributed by atoms with E-state index in [2.05, 4.69) is 32.2 Å². The van der Waals surface area contributed by atoms with Crippen LogP contribution < -0.4 is 0 Å². The van der Waals surface area contributed by atoms with E-state index in [1.165, 1.54) is 13.2 Å². The van der Waals surface area contributed by atoms with Gasteiger partial charge in [-0.25, -0.2) is 9.78 Å². The van der Waals surface area contributed by atoms with Crippen molar-refractivity contribution in [2.75, 3.05) is 12.9 Å². The zero-order valence-electron chi connectivity index (χ0n) is 12.2. The van der Waals surface area contributed by atoms with Gasteiger partial charge in [0.2, 0.25) is 0 Å². The maximum Gasteiger partial charge on any atom is 0.169 e. The molecule has 0 saturated carbocycles. The lowest BCUT2D eigenvalue weighted by Gasteiger charge is -2.45. The third kappa shape index (κ3) is 3.49. The molecular weight excluding hydrogens is 282 g/mol. The van der Waals surface area contributed by atoms with Gasteiger partial charge >= 0.3 is 0 Å². The van der Waals surface area contributed by atoms with Crippen LogP contribution in [0.25, 0.3) is 0 Å². The van der Waals surface area contributed by atoms with Gasteiger partial charge < -0.3 is 10.0 Å². The van der Waals surface area contributed by atoms with Gasteiger partial charge in [0.15, 0.2) is 11.8 Å². The number of thioether (sulfide) groups is 1. The van der Waals surface area contributed by atoms with Crippen molar-refractivity contribution in [1.82, 2.24) is 4.90 Å². The molecule has 1 unspecified atom stereocenters. The Kier molecular flexibility index (Phi) is 5.43. The molecule has 6 heteroatoms. The van der Waals surface area contributed by atoms with Crippen LogP contribution >= 0.6 is 24.0 Å². The Morgan fingerprint density at radius 3 is 2.53 bits per heavy atom. The molecule has 19 heavy (non-hydrogen) atoms. The van der Waals surface area contributed by atoms with Gasteiger partial charge in [-0.05, 0) is 12.3 Å². The van der Waals surface area contributed by atoms with Crippen LogP contribution in [0.1, 0.15) is 27.7 Å². The minimum atomic E-state index is -1.30. The van der Waals surface area contributed by atoms with E-state index in [0.29, 0.717) is 4.32 Å². The maximum absolute atomic E-state index is 10.9. The van der Waals surface area contributed by atoms with Crippen LogP contribution in [0.4, 0.5) is 0 Å². The number of nitrogens with zero attached hydrogens (tertiary/aromatic N) is 1. The van der Waals surface area contributed by atoms with Gasteiger partial charge in [0, 0.05) is 11.8 Å². The van der Waals surface area contributed by atoms with Crippen LogP contribution in [0, 0.1) is 5.41 Å². The average Bonchev–Trinajstić information content (AvgIpc) is 2.68. The number of rotatable bonds is 5. The molecule has 1 fully saturated rings. The molecule has 1 rings (SSSR count). The zero-order chi connectivity index (χ0) is 14.8. The minimum absolute atomic E-state index is 0.00363. The summed E-state index contributed by atoms with van der Waals surface area (Å²) in [7, 11) is 1.41. The lowest BCUT2D eigenvalue weighted by molar-refractivity contribution is -0.335. The fourth-order valence-corrected chi connectivity index (χ4v) is 4.07. The van der Waals surface area contributed by atoms with E-state index in [9.17, 15) is 5.11 Å². The fraction of sp³-hybridized carbons (Fsp3) is 0.769. The van der Waals surface area contributed by atoms with Crippen molar-refractivity contribution in [3.8, 4) is 0 Å². The summed E-state index contributed by atoms with van der Waals surface area (Å²) in [6.45, 7) is 11.8. The van der Waals surface area contributed by atoms with Crippen LogP contribution in [0.2, 0.25) is 0 Å². The summed E-state index contributed by atoms with van der Waals surface area (Å²) in [5, 5.41) is 10.9. The van der Waals surface area contributed by atoms with Crippen molar-refractivity contribution in [3.63, 3.8) is 0 Å². The second-order valence-electron chi connectivity index (χ2n) is 5.84. The predicted molar refractivity (Wildman–Crippen MR) is 82.8 cm³/mol. The molecule has 0 aromatic carbocycles. The summed E-state index contributed by atoms with van der Waals surface area (Å²) in [5.41, 5.74) is -1.30. The predicted octanol–water partition coefficient (Wildman–Crippen LogP) is 2.58. The van der Waals surface area contributed by atoms with Gasteiger partial charge in [-0.1, -0.05) is 50.8 Å². The fourth-order valence-electron chi connectivity index (χ4n) is 2.15. The third-order valence-corrected chi connectivity index (χ3v) is 4.79. The largest absolute Gasteiger partial charge is 0.368 e. The molecule has 3 atom stereocenters. The van der Waals surface area contributed by atoms with Crippen LogP contribution in [0.15, 0.2) is 12.7 Å². The summed E-state index contributed by atoms with van der Waals surface area (Å²) in [6, 6.07) is 0.128. The van der Waals surface area contributed by atoms with Gasteiger partial charge in [-0.3, -0.25) is 0 Å². The molecule has 0 aromatic heterocycles. The van der Waals surface area contributed by atoms with Gasteiger partial charge in [0.1, 0.15) is 4.32 Å². The number of thiocarbonyl (C=S) groups is 1. The minimum Gasteiger partial charge on any atom is -0.368 e. The first kappa shape index (κ1) is 16.9. The highest BCUT2D eigenvalue weighted by Gasteiger charge is 2.49. The molecular formula is C13H23NO3S2. The summed E-state index contributed by atoms with van der Waals surface area (Å²) in [4.78, 5) is 11.6. The Bertz CT molecular complexity index is 352. The molecule has 0 bridgehead atoms. The van der Waals surface area contributed by atoms with E-state index >= 15 is 0 Å². The summed E-state index contributed by atoms with van der Waals surface area (Å²) >= 11 is 6.96. The molecule has 0 amide bonds. The Hall–Kier alpha value is -0.140. The average molecular weight is 305 g/mol. The van der Waals surface area contributed by atoms with E-state index in [4.69, 9.17) is 17.1 Å². The summed E-state index contributed by atoms with van der Waals surface area (Å²) in [5.74, 6) is 0.856. The van der Waals surface area contributed by atoms with E-state index in [-0.39, 0.29) is 11.5 Å². The molecule has 1 heterocycles. The Labute approximate surface area is 125 Å². The smallest absolute Gasteiger partial charge is 0.169 e. The van der Waals surface area contributed by atoms with Crippen molar-refractivity contribution >= 4 is 28.3 Å². The third-order valence-electron chi connectivity index (χ3n) is 3.31. The highest BCUT2D eigenvalue weighted by Crippen LogP contribution is 2.40. The Morgan fingerprint density at radius 2 is 2.11 bits per heavy atom. The first-order valence-corrected chi connectivity index (χ1v) is 7.56. The lowest BCUT2D eigenvalue weighted by Crippen LogP contribution is -2.60. The number of hydrogen-bond acceptors (Lipinski definition) is 5. The quantitative estimate of drug-likeness (QED) is 0.364. The van der Waals surface area contributed by atoms with Gasteiger partial charge in [-0.2, -0.15) is 0 Å².